The van der Waals surface area contributed by atoms with Crippen LogP contribution in [0.2, 0.25) is 0 Å². The van der Waals surface area contributed by atoms with Crippen LogP contribution in [0.25, 0.3) is 0 Å². The summed E-state index contributed by atoms with van der Waals surface area (Å²) in [6, 6.07) is 0.347. The lowest BCUT2D eigenvalue weighted by Crippen LogP contribution is -2.30. The number of carboxylic acid groups (broad SMARTS) is 1. The fraction of sp³-hybridized carbons (Fsp3) is 0.900. The Bertz CT molecular complexity index is 244. The van der Waals surface area contributed by atoms with E-state index in [1.165, 1.54) is 6.42 Å². The smallest absolute Gasteiger partial charge is 0.317 e. The number of carboxylic acids is 1. The van der Waals surface area contributed by atoms with E-state index in [1.54, 1.807) is 0 Å². The Kier molecular flexibility index (Phi) is 2.49. The molecule has 1 spiro atoms. The quantitative estimate of drug-likeness (QED) is 0.668. The maximum absolute atomic E-state index is 10.6. The van der Waals surface area contributed by atoms with E-state index in [1.807, 2.05) is 4.90 Å². The Morgan fingerprint density at radius 2 is 2.36 bits per heavy atom. The average molecular weight is 198 g/mol. The highest BCUT2D eigenvalue weighted by Crippen LogP contribution is 2.44. The number of nitrogens with two attached hydrogens (primary N) is 1. The topological polar surface area (TPSA) is 66.6 Å². The van der Waals surface area contributed by atoms with E-state index in [2.05, 4.69) is 0 Å². The summed E-state index contributed by atoms with van der Waals surface area (Å²) in [6.45, 7) is 2.06. The van der Waals surface area contributed by atoms with Crippen molar-refractivity contribution in [3.05, 3.63) is 0 Å². The van der Waals surface area contributed by atoms with Gasteiger partial charge in [0.1, 0.15) is 0 Å². The highest BCUT2D eigenvalue weighted by Gasteiger charge is 2.43. The molecule has 0 aromatic heterocycles. The Morgan fingerprint density at radius 3 is 2.93 bits per heavy atom. The van der Waals surface area contributed by atoms with Crippen LogP contribution < -0.4 is 5.73 Å². The first-order valence-electron chi connectivity index (χ1n) is 5.29. The van der Waals surface area contributed by atoms with Crippen molar-refractivity contribution in [1.82, 2.24) is 4.90 Å². The first-order chi connectivity index (χ1) is 6.60. The van der Waals surface area contributed by atoms with E-state index in [-0.39, 0.29) is 6.54 Å². The summed E-state index contributed by atoms with van der Waals surface area (Å²) in [5.74, 6) is -0.718. The third kappa shape index (κ3) is 1.91. The van der Waals surface area contributed by atoms with Gasteiger partial charge in [0.05, 0.1) is 6.54 Å². The van der Waals surface area contributed by atoms with Crippen molar-refractivity contribution >= 4 is 5.97 Å². The van der Waals surface area contributed by atoms with Crippen LogP contribution in [0.5, 0.6) is 0 Å². The minimum atomic E-state index is -0.718. The third-order valence-electron chi connectivity index (χ3n) is 3.62. The van der Waals surface area contributed by atoms with Gasteiger partial charge in [-0.1, -0.05) is 0 Å². The van der Waals surface area contributed by atoms with Crippen LogP contribution >= 0.6 is 0 Å². The van der Waals surface area contributed by atoms with Gasteiger partial charge in [-0.2, -0.15) is 0 Å². The molecule has 0 amide bonds. The molecule has 14 heavy (non-hydrogen) atoms. The highest BCUT2D eigenvalue weighted by molar-refractivity contribution is 5.69. The van der Waals surface area contributed by atoms with Gasteiger partial charge in [-0.25, -0.2) is 0 Å². The minimum absolute atomic E-state index is 0.191. The second-order valence-electron chi connectivity index (χ2n) is 4.86. The zero-order chi connectivity index (χ0) is 10.2. The maximum Gasteiger partial charge on any atom is 0.317 e. The van der Waals surface area contributed by atoms with Gasteiger partial charge in [-0.05, 0) is 37.6 Å². The third-order valence-corrected chi connectivity index (χ3v) is 3.62. The molecule has 3 N–H and O–H groups in total. The van der Waals surface area contributed by atoms with Crippen LogP contribution in [0.15, 0.2) is 0 Å². The van der Waals surface area contributed by atoms with E-state index in [9.17, 15) is 4.79 Å². The summed E-state index contributed by atoms with van der Waals surface area (Å²) in [7, 11) is 0. The lowest BCUT2D eigenvalue weighted by atomic mass is 9.85. The maximum atomic E-state index is 10.6. The molecular weight excluding hydrogens is 180 g/mol. The largest absolute Gasteiger partial charge is 0.480 e. The number of hydrogen-bond donors (Lipinski definition) is 2. The molecule has 2 fully saturated rings. The van der Waals surface area contributed by atoms with Gasteiger partial charge >= 0.3 is 5.97 Å². The van der Waals surface area contributed by atoms with Gasteiger partial charge < -0.3 is 10.8 Å². The molecule has 4 heteroatoms. The number of rotatable bonds is 2. The molecule has 0 radical (unpaired) electrons. The lowest BCUT2D eigenvalue weighted by Gasteiger charge is -2.23. The molecule has 2 aliphatic rings. The van der Waals surface area contributed by atoms with E-state index in [0.29, 0.717) is 11.5 Å². The molecule has 80 valence electrons. The normalized spacial score (nSPS) is 38.2. The van der Waals surface area contributed by atoms with Crippen molar-refractivity contribution in [2.75, 3.05) is 19.6 Å². The SMILES string of the molecule is N[C@@H]1CC[C@]2(CCN(CC(=O)O)C2)C1. The van der Waals surface area contributed by atoms with Crippen molar-refractivity contribution < 1.29 is 9.90 Å². The Hall–Kier alpha value is -0.610. The molecular formula is C10H18N2O2. The van der Waals surface area contributed by atoms with Gasteiger partial charge in [0.15, 0.2) is 0 Å². The number of likely N-dealkylation sites (tertiary alicyclic amines) is 1. The van der Waals surface area contributed by atoms with Crippen LogP contribution in [0, 0.1) is 5.41 Å². The first-order valence-corrected chi connectivity index (χ1v) is 5.29. The van der Waals surface area contributed by atoms with Crippen LogP contribution in [-0.4, -0.2) is 41.7 Å². The molecule has 0 aromatic carbocycles. The number of nitrogens with zero attached hydrogens (tertiary/aromatic N) is 1. The van der Waals surface area contributed by atoms with Gasteiger partial charge in [0.25, 0.3) is 0 Å². The molecule has 1 aliphatic carbocycles. The molecule has 2 rings (SSSR count). The van der Waals surface area contributed by atoms with Gasteiger partial charge in [-0.3, -0.25) is 9.69 Å². The average Bonchev–Trinajstić information content (AvgIpc) is 2.60. The van der Waals surface area contributed by atoms with Gasteiger partial charge in [-0.15, -0.1) is 0 Å². The number of hydrogen-bond acceptors (Lipinski definition) is 3. The molecule has 1 saturated heterocycles. The summed E-state index contributed by atoms with van der Waals surface area (Å²) in [5, 5.41) is 8.69. The van der Waals surface area contributed by atoms with E-state index in [0.717, 1.165) is 32.4 Å². The Labute approximate surface area is 84.1 Å². The van der Waals surface area contributed by atoms with Crippen LogP contribution in [0.1, 0.15) is 25.7 Å². The summed E-state index contributed by atoms with van der Waals surface area (Å²) < 4.78 is 0. The highest BCUT2D eigenvalue weighted by atomic mass is 16.4. The van der Waals surface area contributed by atoms with E-state index < -0.39 is 5.97 Å². The van der Waals surface area contributed by atoms with E-state index in [4.69, 9.17) is 10.8 Å². The van der Waals surface area contributed by atoms with E-state index >= 15 is 0 Å². The summed E-state index contributed by atoms with van der Waals surface area (Å²) in [4.78, 5) is 12.6. The van der Waals surface area contributed by atoms with Crippen LogP contribution in [0.3, 0.4) is 0 Å². The van der Waals surface area contributed by atoms with Gasteiger partial charge in [0.2, 0.25) is 0 Å². The predicted molar refractivity (Wildman–Crippen MR) is 53.0 cm³/mol. The molecule has 0 bridgehead atoms. The summed E-state index contributed by atoms with van der Waals surface area (Å²) >= 11 is 0. The zero-order valence-corrected chi connectivity index (χ0v) is 8.41. The van der Waals surface area contributed by atoms with Crippen LogP contribution in [0.4, 0.5) is 0 Å². The van der Waals surface area contributed by atoms with Crippen molar-refractivity contribution in [3.8, 4) is 0 Å². The van der Waals surface area contributed by atoms with Crippen molar-refractivity contribution in [1.29, 1.82) is 0 Å². The monoisotopic (exact) mass is 198 g/mol. The number of aliphatic carboxylic acids is 1. The number of carbonyl (C=O) groups is 1. The van der Waals surface area contributed by atoms with Crippen LogP contribution in [-0.2, 0) is 4.79 Å². The summed E-state index contributed by atoms with van der Waals surface area (Å²) in [6.07, 6.45) is 4.52. The van der Waals surface area contributed by atoms with Crippen molar-refractivity contribution in [2.24, 2.45) is 11.1 Å². The second-order valence-corrected chi connectivity index (χ2v) is 4.86. The summed E-state index contributed by atoms with van der Waals surface area (Å²) in [5.41, 5.74) is 6.26. The fourth-order valence-electron chi connectivity index (χ4n) is 2.98. The minimum Gasteiger partial charge on any atom is -0.480 e. The fourth-order valence-corrected chi connectivity index (χ4v) is 2.98. The molecule has 1 heterocycles. The Morgan fingerprint density at radius 1 is 1.57 bits per heavy atom. The molecule has 0 aromatic rings. The van der Waals surface area contributed by atoms with Crippen molar-refractivity contribution in [3.63, 3.8) is 0 Å². The first kappa shape index (κ1) is 9.93. The predicted octanol–water partition coefficient (Wildman–Crippen LogP) is 0.274. The molecule has 2 atom stereocenters. The molecule has 0 unspecified atom stereocenters. The van der Waals surface area contributed by atoms with Crippen molar-refractivity contribution in [2.45, 2.75) is 31.7 Å². The zero-order valence-electron chi connectivity index (χ0n) is 8.41. The molecule has 4 nitrogen and oxygen atoms in total. The van der Waals surface area contributed by atoms with Gasteiger partial charge in [0, 0.05) is 12.6 Å². The molecule has 1 aliphatic heterocycles. The lowest BCUT2D eigenvalue weighted by molar-refractivity contribution is -0.138. The second kappa shape index (κ2) is 3.51. The Balaban J connectivity index is 1.91. The molecule has 1 saturated carbocycles. The standard InChI is InChI=1S/C10H18N2O2/c11-8-1-2-10(5-8)3-4-12(7-10)6-9(13)14/h8H,1-7,11H2,(H,13,14)/t8-,10+/m1/s1.